The van der Waals surface area contributed by atoms with E-state index in [1.54, 1.807) is 29.1 Å². The minimum atomic E-state index is -0.411. The maximum absolute atomic E-state index is 13.0. The van der Waals surface area contributed by atoms with Crippen molar-refractivity contribution < 1.29 is 13.7 Å². The Kier molecular flexibility index (Phi) is 4.63. The van der Waals surface area contributed by atoms with Gasteiger partial charge in [0.05, 0.1) is 0 Å². The molecule has 0 saturated heterocycles. The van der Waals surface area contributed by atoms with Crippen molar-refractivity contribution in [2.75, 3.05) is 5.32 Å². The van der Waals surface area contributed by atoms with Crippen molar-refractivity contribution >= 4 is 11.6 Å². The van der Waals surface area contributed by atoms with Gasteiger partial charge in [-0.3, -0.25) is 9.36 Å². The Balaban J connectivity index is 1.54. The summed E-state index contributed by atoms with van der Waals surface area (Å²) in [6.07, 6.45) is 5.32. The minimum absolute atomic E-state index is 0.197. The van der Waals surface area contributed by atoms with Gasteiger partial charge in [-0.05, 0) is 36.4 Å². The van der Waals surface area contributed by atoms with Crippen LogP contribution in [0.15, 0.2) is 59.6 Å². The molecule has 0 atom stereocenters. The fraction of sp³-hybridized carbons (Fsp3) is 0.105. The molecule has 0 aliphatic heterocycles. The Morgan fingerprint density at radius 2 is 2.04 bits per heavy atom. The first-order valence-electron chi connectivity index (χ1n) is 8.52. The van der Waals surface area contributed by atoms with Crippen molar-refractivity contribution in [1.29, 1.82) is 0 Å². The van der Waals surface area contributed by atoms with Gasteiger partial charge in [-0.2, -0.15) is 4.98 Å². The van der Waals surface area contributed by atoms with Crippen LogP contribution in [0.4, 0.5) is 10.1 Å². The molecule has 9 heteroatoms. The summed E-state index contributed by atoms with van der Waals surface area (Å²) in [5, 5.41) is 6.55. The lowest BCUT2D eigenvalue weighted by Gasteiger charge is -2.03. The number of carbonyl (C=O) groups excluding carboxylic acids is 1. The summed E-state index contributed by atoms with van der Waals surface area (Å²) >= 11 is 0. The Bertz CT molecular complexity index is 1120. The predicted octanol–water partition coefficient (Wildman–Crippen LogP) is 3.27. The first-order valence-corrected chi connectivity index (χ1v) is 8.52. The summed E-state index contributed by atoms with van der Waals surface area (Å²) < 4.78 is 19.8. The third kappa shape index (κ3) is 3.63. The molecule has 4 rings (SSSR count). The number of hydrogen-bond acceptors (Lipinski definition) is 6. The van der Waals surface area contributed by atoms with E-state index in [1.807, 2.05) is 6.92 Å². The van der Waals surface area contributed by atoms with E-state index in [0.717, 1.165) is 0 Å². The van der Waals surface area contributed by atoms with E-state index in [4.69, 9.17) is 4.52 Å². The van der Waals surface area contributed by atoms with Crippen LogP contribution in [-0.4, -0.2) is 30.6 Å². The number of amides is 1. The summed E-state index contributed by atoms with van der Waals surface area (Å²) in [7, 11) is 0. The van der Waals surface area contributed by atoms with E-state index in [0.29, 0.717) is 35.2 Å². The molecule has 1 aromatic carbocycles. The molecular formula is C19H15FN6O2. The Labute approximate surface area is 159 Å². The maximum atomic E-state index is 13.0. The maximum Gasteiger partial charge on any atom is 0.275 e. The van der Waals surface area contributed by atoms with Gasteiger partial charge in [0.25, 0.3) is 11.8 Å². The van der Waals surface area contributed by atoms with E-state index in [1.165, 1.54) is 30.6 Å². The van der Waals surface area contributed by atoms with E-state index in [2.05, 4.69) is 25.4 Å². The number of nitrogens with one attached hydrogen (secondary N) is 1. The van der Waals surface area contributed by atoms with Crippen LogP contribution >= 0.6 is 0 Å². The second-order valence-electron chi connectivity index (χ2n) is 5.90. The van der Waals surface area contributed by atoms with E-state index in [-0.39, 0.29) is 11.5 Å². The highest BCUT2D eigenvalue weighted by atomic mass is 19.1. The van der Waals surface area contributed by atoms with Gasteiger partial charge in [0.1, 0.15) is 23.7 Å². The van der Waals surface area contributed by atoms with Gasteiger partial charge < -0.3 is 9.84 Å². The molecule has 0 spiro atoms. The summed E-state index contributed by atoms with van der Waals surface area (Å²) in [6, 6.07) is 9.01. The second kappa shape index (κ2) is 7.39. The summed E-state index contributed by atoms with van der Waals surface area (Å²) in [4.78, 5) is 25.0. The number of anilines is 1. The van der Waals surface area contributed by atoms with Gasteiger partial charge in [0.2, 0.25) is 0 Å². The Morgan fingerprint density at radius 1 is 1.21 bits per heavy atom. The average molecular weight is 378 g/mol. The van der Waals surface area contributed by atoms with Crippen LogP contribution in [0.2, 0.25) is 0 Å². The number of pyridine rings is 1. The highest BCUT2D eigenvalue weighted by Gasteiger charge is 2.13. The molecule has 3 aromatic heterocycles. The normalized spacial score (nSPS) is 10.8. The third-order valence-electron chi connectivity index (χ3n) is 3.96. The lowest BCUT2D eigenvalue weighted by Crippen LogP contribution is -2.12. The third-order valence-corrected chi connectivity index (χ3v) is 3.96. The zero-order chi connectivity index (χ0) is 19.5. The molecule has 0 aliphatic carbocycles. The van der Waals surface area contributed by atoms with E-state index < -0.39 is 5.91 Å². The Hall–Kier alpha value is -3.88. The van der Waals surface area contributed by atoms with Crippen molar-refractivity contribution in [2.24, 2.45) is 0 Å². The SMILES string of the molecule is CCc1noc(-c2ccnc(-n3cnc(C(=O)Nc4ccc(F)cc4)c3)c2)n1. The summed E-state index contributed by atoms with van der Waals surface area (Å²) in [6.45, 7) is 1.94. The van der Waals surface area contributed by atoms with Crippen LogP contribution in [0.3, 0.4) is 0 Å². The monoisotopic (exact) mass is 378 g/mol. The number of benzene rings is 1. The van der Waals surface area contributed by atoms with Crippen LogP contribution in [0.1, 0.15) is 23.2 Å². The molecule has 0 unspecified atom stereocenters. The molecule has 1 amide bonds. The molecule has 3 heterocycles. The zero-order valence-electron chi connectivity index (χ0n) is 14.8. The van der Waals surface area contributed by atoms with Crippen molar-refractivity contribution in [3.63, 3.8) is 0 Å². The molecule has 0 radical (unpaired) electrons. The molecule has 0 bridgehead atoms. The summed E-state index contributed by atoms with van der Waals surface area (Å²) in [5.41, 5.74) is 1.38. The molecule has 28 heavy (non-hydrogen) atoms. The summed E-state index contributed by atoms with van der Waals surface area (Å²) in [5.74, 6) is 0.777. The predicted molar refractivity (Wildman–Crippen MR) is 98.4 cm³/mol. The lowest BCUT2D eigenvalue weighted by molar-refractivity contribution is 0.102. The van der Waals surface area contributed by atoms with Gasteiger partial charge in [0, 0.05) is 30.1 Å². The average Bonchev–Trinajstić information content (AvgIpc) is 3.40. The number of imidazole rings is 1. The second-order valence-corrected chi connectivity index (χ2v) is 5.90. The molecule has 1 N–H and O–H groups in total. The standard InChI is InChI=1S/C19H15FN6O2/c1-2-16-24-19(28-25-16)12-7-8-21-17(9-12)26-10-15(22-11-26)18(27)23-14-5-3-13(20)4-6-14/h3-11H,2H2,1H3,(H,23,27). The van der Waals surface area contributed by atoms with Gasteiger partial charge in [-0.1, -0.05) is 12.1 Å². The van der Waals surface area contributed by atoms with Gasteiger partial charge in [-0.15, -0.1) is 0 Å². The largest absolute Gasteiger partial charge is 0.334 e. The van der Waals surface area contributed by atoms with Crippen LogP contribution in [-0.2, 0) is 6.42 Å². The van der Waals surface area contributed by atoms with Crippen molar-refractivity contribution in [2.45, 2.75) is 13.3 Å². The topological polar surface area (TPSA) is 98.7 Å². The lowest BCUT2D eigenvalue weighted by atomic mass is 10.2. The first-order chi connectivity index (χ1) is 13.6. The quantitative estimate of drug-likeness (QED) is 0.572. The number of hydrogen-bond donors (Lipinski definition) is 1. The molecule has 8 nitrogen and oxygen atoms in total. The van der Waals surface area contributed by atoms with Crippen molar-refractivity contribution in [1.82, 2.24) is 24.7 Å². The fourth-order valence-electron chi connectivity index (χ4n) is 2.50. The number of aryl methyl sites for hydroxylation is 1. The molecule has 140 valence electrons. The highest BCUT2D eigenvalue weighted by molar-refractivity contribution is 6.02. The van der Waals surface area contributed by atoms with Crippen molar-refractivity contribution in [3.8, 4) is 17.3 Å². The van der Waals surface area contributed by atoms with Gasteiger partial charge in [-0.25, -0.2) is 14.4 Å². The molecular weight excluding hydrogens is 363 g/mol. The van der Waals surface area contributed by atoms with Crippen LogP contribution in [0.25, 0.3) is 17.3 Å². The number of carbonyl (C=O) groups is 1. The van der Waals surface area contributed by atoms with Gasteiger partial charge in [0.15, 0.2) is 5.82 Å². The zero-order valence-corrected chi connectivity index (χ0v) is 14.8. The van der Waals surface area contributed by atoms with E-state index in [9.17, 15) is 9.18 Å². The van der Waals surface area contributed by atoms with Crippen molar-refractivity contribution in [3.05, 3.63) is 72.5 Å². The molecule has 0 aliphatic rings. The number of rotatable bonds is 5. The number of aromatic nitrogens is 5. The fourth-order valence-corrected chi connectivity index (χ4v) is 2.50. The smallest absolute Gasteiger partial charge is 0.275 e. The van der Waals surface area contributed by atoms with E-state index >= 15 is 0 Å². The van der Waals surface area contributed by atoms with Gasteiger partial charge >= 0.3 is 0 Å². The first kappa shape index (κ1) is 17.5. The van der Waals surface area contributed by atoms with Crippen LogP contribution < -0.4 is 5.32 Å². The minimum Gasteiger partial charge on any atom is -0.334 e. The Morgan fingerprint density at radius 3 is 2.79 bits per heavy atom. The van der Waals surface area contributed by atoms with Crippen LogP contribution in [0, 0.1) is 5.82 Å². The van der Waals surface area contributed by atoms with Crippen LogP contribution in [0.5, 0.6) is 0 Å². The highest BCUT2D eigenvalue weighted by Crippen LogP contribution is 2.19. The molecule has 4 aromatic rings. The molecule has 0 fully saturated rings. The molecule has 0 saturated carbocycles. The number of nitrogens with zero attached hydrogens (tertiary/aromatic N) is 5. The number of halogens is 1.